The molecule has 1 rings (SSSR count). The molecule has 1 N–H and O–H groups in total. The standard InChI is InChI=1S/C13H24N2O/c1-9(16)10-11(12(2,3)4)15(8-14-10)13(5,6)7/h8-9,16H,1-7H3. The van der Waals surface area contributed by atoms with Crippen molar-refractivity contribution in [1.82, 2.24) is 9.55 Å². The van der Waals surface area contributed by atoms with E-state index in [0.29, 0.717) is 0 Å². The van der Waals surface area contributed by atoms with E-state index in [2.05, 4.69) is 51.1 Å². The van der Waals surface area contributed by atoms with E-state index in [4.69, 9.17) is 0 Å². The summed E-state index contributed by atoms with van der Waals surface area (Å²) in [6.45, 7) is 14.7. The third kappa shape index (κ3) is 2.46. The fourth-order valence-corrected chi connectivity index (χ4v) is 1.92. The van der Waals surface area contributed by atoms with Gasteiger partial charge in [-0.3, -0.25) is 0 Å². The predicted molar refractivity (Wildman–Crippen MR) is 66.6 cm³/mol. The molecule has 3 nitrogen and oxygen atoms in total. The smallest absolute Gasteiger partial charge is 0.0958 e. The van der Waals surface area contributed by atoms with Crippen molar-refractivity contribution in [1.29, 1.82) is 0 Å². The SMILES string of the molecule is CC(O)c1ncn(C(C)(C)C)c1C(C)(C)C. The Hall–Kier alpha value is -0.830. The summed E-state index contributed by atoms with van der Waals surface area (Å²) in [6.07, 6.45) is 1.32. The summed E-state index contributed by atoms with van der Waals surface area (Å²) in [6, 6.07) is 0. The summed E-state index contributed by atoms with van der Waals surface area (Å²) in [7, 11) is 0. The number of rotatable bonds is 1. The summed E-state index contributed by atoms with van der Waals surface area (Å²) < 4.78 is 2.16. The minimum absolute atomic E-state index is 0.0112. The van der Waals surface area contributed by atoms with Gasteiger partial charge >= 0.3 is 0 Å². The van der Waals surface area contributed by atoms with E-state index in [1.54, 1.807) is 6.92 Å². The zero-order valence-electron chi connectivity index (χ0n) is 11.5. The number of aliphatic hydroxyl groups is 1. The fraction of sp³-hybridized carbons (Fsp3) is 0.769. The van der Waals surface area contributed by atoms with Crippen LogP contribution in [-0.4, -0.2) is 14.7 Å². The Bertz CT molecular complexity index is 364. The van der Waals surface area contributed by atoms with Crippen molar-refractivity contribution >= 4 is 0 Å². The first kappa shape index (κ1) is 13.2. The van der Waals surface area contributed by atoms with Crippen LogP contribution < -0.4 is 0 Å². The number of hydrogen-bond acceptors (Lipinski definition) is 2. The van der Waals surface area contributed by atoms with Crippen molar-refractivity contribution in [3.63, 3.8) is 0 Å². The van der Waals surface area contributed by atoms with Gasteiger partial charge in [0.05, 0.1) is 18.1 Å². The summed E-state index contributed by atoms with van der Waals surface area (Å²) in [4.78, 5) is 4.36. The molecule has 16 heavy (non-hydrogen) atoms. The van der Waals surface area contributed by atoms with Crippen LogP contribution in [0.15, 0.2) is 6.33 Å². The Morgan fingerprint density at radius 1 is 1.19 bits per heavy atom. The molecular weight excluding hydrogens is 200 g/mol. The van der Waals surface area contributed by atoms with Crippen molar-refractivity contribution in [3.8, 4) is 0 Å². The highest BCUT2D eigenvalue weighted by atomic mass is 16.3. The van der Waals surface area contributed by atoms with Crippen LogP contribution in [0, 0.1) is 0 Å². The number of hydrogen-bond donors (Lipinski definition) is 1. The zero-order valence-corrected chi connectivity index (χ0v) is 11.5. The molecule has 0 spiro atoms. The van der Waals surface area contributed by atoms with Gasteiger partial charge in [0.15, 0.2) is 0 Å². The molecule has 1 unspecified atom stereocenters. The number of nitrogens with zero attached hydrogens (tertiary/aromatic N) is 2. The summed E-state index contributed by atoms with van der Waals surface area (Å²) in [5.41, 5.74) is 1.89. The van der Waals surface area contributed by atoms with Crippen LogP contribution in [0.3, 0.4) is 0 Å². The molecule has 0 bridgehead atoms. The van der Waals surface area contributed by atoms with Gasteiger partial charge in [0.2, 0.25) is 0 Å². The summed E-state index contributed by atoms with van der Waals surface area (Å²) in [5.74, 6) is 0. The molecule has 1 aromatic heterocycles. The lowest BCUT2D eigenvalue weighted by Gasteiger charge is -2.30. The second kappa shape index (κ2) is 3.88. The molecule has 1 atom stereocenters. The molecule has 3 heteroatoms. The molecule has 0 fully saturated rings. The molecule has 1 aromatic rings. The van der Waals surface area contributed by atoms with Gasteiger partial charge in [0.25, 0.3) is 0 Å². The van der Waals surface area contributed by atoms with Gasteiger partial charge in [-0.1, -0.05) is 20.8 Å². The van der Waals surface area contributed by atoms with Crippen molar-refractivity contribution < 1.29 is 5.11 Å². The average Bonchev–Trinajstić information content (AvgIpc) is 2.43. The minimum atomic E-state index is -0.516. The largest absolute Gasteiger partial charge is 0.387 e. The highest BCUT2D eigenvalue weighted by Gasteiger charge is 2.29. The topological polar surface area (TPSA) is 38.1 Å². The number of aliphatic hydroxyl groups excluding tert-OH is 1. The van der Waals surface area contributed by atoms with Gasteiger partial charge in [-0.05, 0) is 27.7 Å². The second-order valence-corrected chi connectivity index (χ2v) is 6.45. The van der Waals surface area contributed by atoms with Crippen molar-refractivity contribution in [2.45, 2.75) is 65.5 Å². The molecular formula is C13H24N2O. The lowest BCUT2D eigenvalue weighted by atomic mass is 9.88. The first-order valence-corrected chi connectivity index (χ1v) is 5.81. The maximum absolute atomic E-state index is 9.77. The first-order chi connectivity index (χ1) is 7.05. The van der Waals surface area contributed by atoms with Gasteiger partial charge in [-0.15, -0.1) is 0 Å². The summed E-state index contributed by atoms with van der Waals surface area (Å²) >= 11 is 0. The Labute approximate surface area is 98.5 Å². The van der Waals surface area contributed by atoms with Crippen molar-refractivity contribution in [3.05, 3.63) is 17.7 Å². The van der Waals surface area contributed by atoms with Gasteiger partial charge in [0, 0.05) is 16.6 Å². The van der Waals surface area contributed by atoms with E-state index >= 15 is 0 Å². The Morgan fingerprint density at radius 2 is 1.69 bits per heavy atom. The average molecular weight is 224 g/mol. The molecule has 92 valence electrons. The van der Waals surface area contributed by atoms with Crippen LogP contribution in [-0.2, 0) is 11.0 Å². The highest BCUT2D eigenvalue weighted by Crippen LogP contribution is 2.32. The zero-order chi connectivity index (χ0) is 12.7. The Morgan fingerprint density at radius 3 is 2.00 bits per heavy atom. The van der Waals surface area contributed by atoms with Crippen molar-refractivity contribution in [2.24, 2.45) is 0 Å². The van der Waals surface area contributed by atoms with E-state index < -0.39 is 6.10 Å². The van der Waals surface area contributed by atoms with Crippen molar-refractivity contribution in [2.75, 3.05) is 0 Å². The van der Waals surface area contributed by atoms with Crippen LogP contribution >= 0.6 is 0 Å². The molecule has 0 saturated carbocycles. The monoisotopic (exact) mass is 224 g/mol. The number of imidazole rings is 1. The Kier molecular flexibility index (Phi) is 3.21. The minimum Gasteiger partial charge on any atom is -0.387 e. The van der Waals surface area contributed by atoms with E-state index in [1.807, 2.05) is 6.33 Å². The maximum Gasteiger partial charge on any atom is 0.0958 e. The summed E-state index contributed by atoms with van der Waals surface area (Å²) in [5, 5.41) is 9.77. The van der Waals surface area contributed by atoms with Crippen LogP contribution in [0.4, 0.5) is 0 Å². The van der Waals surface area contributed by atoms with Gasteiger partial charge in [-0.25, -0.2) is 4.98 Å². The van der Waals surface area contributed by atoms with E-state index in [9.17, 15) is 5.11 Å². The highest BCUT2D eigenvalue weighted by molar-refractivity contribution is 5.24. The molecule has 0 aliphatic carbocycles. The second-order valence-electron chi connectivity index (χ2n) is 6.45. The predicted octanol–water partition coefficient (Wildman–Crippen LogP) is 2.99. The van der Waals surface area contributed by atoms with Crippen LogP contribution in [0.2, 0.25) is 0 Å². The first-order valence-electron chi connectivity index (χ1n) is 5.81. The quantitative estimate of drug-likeness (QED) is 0.796. The third-order valence-corrected chi connectivity index (χ3v) is 2.62. The normalized spacial score (nSPS) is 15.2. The van der Waals surface area contributed by atoms with Gasteiger partial charge < -0.3 is 9.67 Å². The van der Waals surface area contributed by atoms with Crippen LogP contribution in [0.25, 0.3) is 0 Å². The lowest BCUT2D eigenvalue weighted by Crippen LogP contribution is -2.29. The fourth-order valence-electron chi connectivity index (χ4n) is 1.92. The maximum atomic E-state index is 9.77. The van der Waals surface area contributed by atoms with E-state index in [-0.39, 0.29) is 11.0 Å². The molecule has 0 aromatic carbocycles. The van der Waals surface area contributed by atoms with E-state index in [1.165, 1.54) is 0 Å². The molecule has 0 aliphatic heterocycles. The van der Waals surface area contributed by atoms with Crippen LogP contribution in [0.1, 0.15) is 66.0 Å². The van der Waals surface area contributed by atoms with Gasteiger partial charge in [-0.2, -0.15) is 0 Å². The lowest BCUT2D eigenvalue weighted by molar-refractivity contribution is 0.191. The number of aromatic nitrogens is 2. The molecule has 0 saturated heterocycles. The Balaban J connectivity index is 3.44. The molecule has 0 radical (unpaired) electrons. The van der Waals surface area contributed by atoms with E-state index in [0.717, 1.165) is 11.4 Å². The molecule has 0 amide bonds. The van der Waals surface area contributed by atoms with Crippen LogP contribution in [0.5, 0.6) is 0 Å². The molecule has 0 aliphatic rings. The third-order valence-electron chi connectivity index (χ3n) is 2.62. The molecule has 1 heterocycles. The van der Waals surface area contributed by atoms with Gasteiger partial charge in [0.1, 0.15) is 0 Å².